The number of hydrogen-bond donors (Lipinski definition) is 2. The minimum atomic E-state index is 0.172. The molecule has 0 bridgehead atoms. The lowest BCUT2D eigenvalue weighted by atomic mass is 9.96. The molecule has 3 heteroatoms. The summed E-state index contributed by atoms with van der Waals surface area (Å²) in [6.45, 7) is 8.77. The molecule has 2 aromatic rings. The van der Waals surface area contributed by atoms with Crippen LogP contribution in [0, 0.1) is 0 Å². The molecule has 2 nitrogen and oxygen atoms in total. The smallest absolute Gasteiger partial charge is 0.171 e. The third-order valence-corrected chi connectivity index (χ3v) is 4.81. The van der Waals surface area contributed by atoms with Crippen molar-refractivity contribution < 1.29 is 0 Å². The van der Waals surface area contributed by atoms with Gasteiger partial charge in [-0.2, -0.15) is 0 Å². The Hall–Kier alpha value is -1.87. The maximum absolute atomic E-state index is 5.44. The number of anilines is 1. The van der Waals surface area contributed by atoms with E-state index in [2.05, 4.69) is 86.9 Å². The van der Waals surface area contributed by atoms with E-state index in [1.165, 1.54) is 16.7 Å². The van der Waals surface area contributed by atoms with E-state index < -0.39 is 0 Å². The van der Waals surface area contributed by atoms with Gasteiger partial charge in [-0.25, -0.2) is 0 Å². The van der Waals surface area contributed by atoms with E-state index in [0.717, 1.165) is 18.5 Å². The van der Waals surface area contributed by atoms with E-state index in [1.807, 2.05) is 0 Å². The Morgan fingerprint density at radius 1 is 0.917 bits per heavy atom. The molecule has 0 aliphatic carbocycles. The second kappa shape index (κ2) is 8.84. The van der Waals surface area contributed by atoms with Crippen LogP contribution in [0.1, 0.15) is 62.8 Å². The SMILES string of the molecule is CCc1ccc(NC(=S)NC(C)c2ccc(C(C)CC)cc2)cc1. The van der Waals surface area contributed by atoms with Crippen LogP contribution in [-0.2, 0) is 6.42 Å². The molecule has 0 aliphatic heterocycles. The molecular formula is C21H28N2S. The summed E-state index contributed by atoms with van der Waals surface area (Å²) in [6.07, 6.45) is 2.21. The molecule has 0 saturated carbocycles. The molecule has 0 amide bonds. The van der Waals surface area contributed by atoms with Gasteiger partial charge in [-0.1, -0.05) is 57.2 Å². The number of thiocarbonyl (C=S) groups is 1. The standard InChI is InChI=1S/C21H28N2S/c1-5-15(3)18-9-11-19(12-10-18)16(4)22-21(24)23-20-13-7-17(6-2)8-14-20/h7-16H,5-6H2,1-4H3,(H2,22,23,24). The Morgan fingerprint density at radius 2 is 1.50 bits per heavy atom. The van der Waals surface area contributed by atoms with Gasteiger partial charge in [0.1, 0.15) is 0 Å². The number of aryl methyl sites for hydroxylation is 1. The molecule has 2 aromatic carbocycles. The monoisotopic (exact) mass is 340 g/mol. The summed E-state index contributed by atoms with van der Waals surface area (Å²) in [5.41, 5.74) is 4.98. The van der Waals surface area contributed by atoms with Crippen LogP contribution < -0.4 is 10.6 Å². The van der Waals surface area contributed by atoms with Crippen molar-refractivity contribution >= 4 is 23.0 Å². The topological polar surface area (TPSA) is 24.1 Å². The van der Waals surface area contributed by atoms with Crippen LogP contribution in [0.25, 0.3) is 0 Å². The molecule has 0 heterocycles. The van der Waals surface area contributed by atoms with E-state index in [9.17, 15) is 0 Å². The summed E-state index contributed by atoms with van der Waals surface area (Å²) >= 11 is 5.44. The predicted octanol–water partition coefficient (Wildman–Crippen LogP) is 5.81. The summed E-state index contributed by atoms with van der Waals surface area (Å²) in [5, 5.41) is 7.26. The van der Waals surface area contributed by atoms with E-state index in [0.29, 0.717) is 11.0 Å². The van der Waals surface area contributed by atoms with Gasteiger partial charge in [-0.05, 0) is 66.7 Å². The third-order valence-electron chi connectivity index (χ3n) is 4.59. The molecular weight excluding hydrogens is 312 g/mol. The van der Waals surface area contributed by atoms with Crippen LogP contribution in [0.4, 0.5) is 5.69 Å². The Morgan fingerprint density at radius 3 is 2.04 bits per heavy atom. The second-order valence-corrected chi connectivity index (χ2v) is 6.75. The van der Waals surface area contributed by atoms with Crippen molar-refractivity contribution in [2.45, 2.75) is 52.5 Å². The second-order valence-electron chi connectivity index (χ2n) is 6.35. The first-order valence-electron chi connectivity index (χ1n) is 8.79. The fraction of sp³-hybridized carbons (Fsp3) is 0.381. The van der Waals surface area contributed by atoms with Gasteiger partial charge in [0.15, 0.2) is 5.11 Å². The van der Waals surface area contributed by atoms with Crippen molar-refractivity contribution in [1.82, 2.24) is 5.32 Å². The molecule has 2 atom stereocenters. The summed E-state index contributed by atoms with van der Waals surface area (Å²) < 4.78 is 0. The minimum Gasteiger partial charge on any atom is -0.356 e. The zero-order valence-electron chi connectivity index (χ0n) is 15.1. The zero-order valence-corrected chi connectivity index (χ0v) is 15.9. The summed E-state index contributed by atoms with van der Waals surface area (Å²) in [4.78, 5) is 0. The maximum Gasteiger partial charge on any atom is 0.171 e. The van der Waals surface area contributed by atoms with E-state index in [1.54, 1.807) is 0 Å². The van der Waals surface area contributed by atoms with Crippen molar-refractivity contribution in [3.8, 4) is 0 Å². The Bertz CT molecular complexity index is 647. The lowest BCUT2D eigenvalue weighted by Crippen LogP contribution is -2.30. The normalized spacial score (nSPS) is 13.2. The number of benzene rings is 2. The molecule has 2 rings (SSSR count). The first-order chi connectivity index (χ1) is 11.5. The fourth-order valence-electron chi connectivity index (χ4n) is 2.62. The number of hydrogen-bond acceptors (Lipinski definition) is 1. The molecule has 0 radical (unpaired) electrons. The fourth-order valence-corrected chi connectivity index (χ4v) is 2.91. The first-order valence-corrected chi connectivity index (χ1v) is 9.20. The largest absolute Gasteiger partial charge is 0.356 e. The van der Waals surface area contributed by atoms with Crippen LogP contribution >= 0.6 is 12.2 Å². The van der Waals surface area contributed by atoms with Crippen molar-refractivity contribution in [3.63, 3.8) is 0 Å². The maximum atomic E-state index is 5.44. The molecule has 2 N–H and O–H groups in total. The van der Waals surface area contributed by atoms with Crippen molar-refractivity contribution in [2.75, 3.05) is 5.32 Å². The van der Waals surface area contributed by atoms with Gasteiger partial charge in [-0.15, -0.1) is 0 Å². The van der Waals surface area contributed by atoms with Gasteiger partial charge in [0, 0.05) is 5.69 Å². The Labute approximate surface area is 151 Å². The quantitative estimate of drug-likeness (QED) is 0.649. The van der Waals surface area contributed by atoms with Gasteiger partial charge < -0.3 is 10.6 Å². The number of nitrogens with one attached hydrogen (secondary N) is 2. The Kier molecular flexibility index (Phi) is 6.80. The highest BCUT2D eigenvalue weighted by molar-refractivity contribution is 7.80. The van der Waals surface area contributed by atoms with Crippen molar-refractivity contribution in [3.05, 3.63) is 65.2 Å². The first kappa shape index (κ1) is 18.5. The Balaban J connectivity index is 1.92. The molecule has 0 saturated heterocycles. The van der Waals surface area contributed by atoms with Crippen LogP contribution in [0.3, 0.4) is 0 Å². The highest BCUT2D eigenvalue weighted by Gasteiger charge is 2.09. The lowest BCUT2D eigenvalue weighted by molar-refractivity contribution is 0.713. The lowest BCUT2D eigenvalue weighted by Gasteiger charge is -2.18. The third kappa shape index (κ3) is 5.07. The molecule has 0 aromatic heterocycles. The highest BCUT2D eigenvalue weighted by Crippen LogP contribution is 2.21. The molecule has 0 aliphatic rings. The van der Waals surface area contributed by atoms with Crippen LogP contribution in [0.2, 0.25) is 0 Å². The van der Waals surface area contributed by atoms with Gasteiger partial charge in [-0.3, -0.25) is 0 Å². The molecule has 128 valence electrons. The van der Waals surface area contributed by atoms with Crippen molar-refractivity contribution in [1.29, 1.82) is 0 Å². The molecule has 24 heavy (non-hydrogen) atoms. The average Bonchev–Trinajstić information content (AvgIpc) is 2.61. The van der Waals surface area contributed by atoms with Gasteiger partial charge in [0.25, 0.3) is 0 Å². The average molecular weight is 341 g/mol. The van der Waals surface area contributed by atoms with Crippen LogP contribution in [-0.4, -0.2) is 5.11 Å². The predicted molar refractivity (Wildman–Crippen MR) is 109 cm³/mol. The molecule has 0 fully saturated rings. The highest BCUT2D eigenvalue weighted by atomic mass is 32.1. The van der Waals surface area contributed by atoms with E-state index in [4.69, 9.17) is 12.2 Å². The zero-order chi connectivity index (χ0) is 17.5. The minimum absolute atomic E-state index is 0.172. The van der Waals surface area contributed by atoms with E-state index in [-0.39, 0.29) is 6.04 Å². The molecule has 2 unspecified atom stereocenters. The van der Waals surface area contributed by atoms with Gasteiger partial charge in [0.2, 0.25) is 0 Å². The van der Waals surface area contributed by atoms with Gasteiger partial charge in [0.05, 0.1) is 6.04 Å². The summed E-state index contributed by atoms with van der Waals surface area (Å²) in [5.74, 6) is 0.608. The number of rotatable bonds is 6. The van der Waals surface area contributed by atoms with Crippen LogP contribution in [0.5, 0.6) is 0 Å². The van der Waals surface area contributed by atoms with E-state index >= 15 is 0 Å². The summed E-state index contributed by atoms with van der Waals surface area (Å²) in [7, 11) is 0. The van der Waals surface area contributed by atoms with Gasteiger partial charge >= 0.3 is 0 Å². The molecule has 0 spiro atoms. The summed E-state index contributed by atoms with van der Waals surface area (Å²) in [6, 6.07) is 17.4. The van der Waals surface area contributed by atoms with Crippen LogP contribution in [0.15, 0.2) is 48.5 Å². The van der Waals surface area contributed by atoms with Crippen molar-refractivity contribution in [2.24, 2.45) is 0 Å².